The lowest BCUT2D eigenvalue weighted by atomic mass is 10.3. The van der Waals surface area contributed by atoms with Crippen LogP contribution in [0.2, 0.25) is 0 Å². The number of nitrogens with two attached hydrogens (primary N) is 1. The van der Waals surface area contributed by atoms with E-state index >= 15 is 0 Å². The van der Waals surface area contributed by atoms with E-state index in [1.807, 2.05) is 0 Å². The fourth-order valence-corrected chi connectivity index (χ4v) is 1.23. The lowest BCUT2D eigenvalue weighted by Gasteiger charge is -2.08. The van der Waals surface area contributed by atoms with Crippen molar-refractivity contribution in [1.82, 2.24) is 10.2 Å². The van der Waals surface area contributed by atoms with Gasteiger partial charge >= 0.3 is 5.97 Å². The van der Waals surface area contributed by atoms with Crippen molar-refractivity contribution in [2.24, 2.45) is 5.84 Å². The third-order valence-electron chi connectivity index (χ3n) is 1.98. The van der Waals surface area contributed by atoms with Crippen molar-refractivity contribution < 1.29 is 9.63 Å². The van der Waals surface area contributed by atoms with Crippen molar-refractivity contribution in [3.8, 4) is 0 Å². The minimum Gasteiger partial charge on any atom is -0.356 e. The molecule has 0 saturated carbocycles. The Hall–Kier alpha value is -1.66. The average Bonchev–Trinajstić information content (AvgIpc) is 2.17. The number of aromatic nitrogens is 1. The summed E-state index contributed by atoms with van der Waals surface area (Å²) in [5.41, 5.74) is 2.46. The Balaban J connectivity index is 2.65. The predicted molar refractivity (Wildman–Crippen MR) is 53.5 cm³/mol. The van der Waals surface area contributed by atoms with Gasteiger partial charge in [-0.1, -0.05) is 11.7 Å². The lowest BCUT2D eigenvalue weighted by Crippen LogP contribution is -2.28. The first-order valence-electron chi connectivity index (χ1n) is 4.47. The van der Waals surface area contributed by atoms with Gasteiger partial charge < -0.3 is 9.40 Å². The van der Waals surface area contributed by atoms with Crippen molar-refractivity contribution in [1.29, 1.82) is 0 Å². The summed E-state index contributed by atoms with van der Waals surface area (Å²) in [7, 11) is 0. The molecule has 0 aliphatic rings. The molecule has 0 bridgehead atoms. The monoisotopic (exact) mass is 211 g/mol. The molecule has 1 rings (SSSR count). The second-order valence-corrected chi connectivity index (χ2v) is 3.00. The van der Waals surface area contributed by atoms with E-state index in [0.29, 0.717) is 0 Å². The molecule has 0 fully saturated rings. The van der Waals surface area contributed by atoms with Crippen LogP contribution >= 0.6 is 0 Å². The van der Waals surface area contributed by atoms with E-state index < -0.39 is 5.97 Å². The van der Waals surface area contributed by atoms with Gasteiger partial charge in [0.05, 0.1) is 6.42 Å². The van der Waals surface area contributed by atoms with Crippen LogP contribution in [-0.4, -0.2) is 10.5 Å². The van der Waals surface area contributed by atoms with Crippen molar-refractivity contribution in [3.05, 3.63) is 34.2 Å². The van der Waals surface area contributed by atoms with E-state index in [1.54, 1.807) is 24.6 Å². The van der Waals surface area contributed by atoms with Crippen LogP contribution in [-0.2, 0) is 16.2 Å². The molecular formula is C9H13N3O3. The molecule has 0 aliphatic carbocycles. The molecule has 0 saturated heterocycles. The second kappa shape index (κ2) is 5.28. The number of pyridine rings is 1. The summed E-state index contributed by atoms with van der Waals surface area (Å²) < 4.78 is 1.50. The third kappa shape index (κ3) is 3.19. The maximum Gasteiger partial charge on any atom is 0.328 e. The Labute approximate surface area is 86.6 Å². The summed E-state index contributed by atoms with van der Waals surface area (Å²) in [5.74, 6) is 4.29. The summed E-state index contributed by atoms with van der Waals surface area (Å²) >= 11 is 0. The van der Waals surface area contributed by atoms with E-state index in [2.05, 4.69) is 4.84 Å². The van der Waals surface area contributed by atoms with E-state index in [4.69, 9.17) is 5.84 Å². The molecule has 0 unspecified atom stereocenters. The van der Waals surface area contributed by atoms with Crippen LogP contribution < -0.4 is 17.0 Å². The number of rotatable bonds is 4. The second-order valence-electron chi connectivity index (χ2n) is 3.00. The van der Waals surface area contributed by atoms with Crippen LogP contribution in [0.1, 0.15) is 12.1 Å². The summed E-state index contributed by atoms with van der Waals surface area (Å²) in [6.07, 6.45) is 0.0922. The van der Waals surface area contributed by atoms with Gasteiger partial charge in [-0.15, -0.1) is 0 Å². The highest BCUT2D eigenvalue weighted by atomic mass is 16.7. The Morgan fingerprint density at radius 2 is 2.33 bits per heavy atom. The quantitative estimate of drug-likeness (QED) is 0.516. The van der Waals surface area contributed by atoms with Crippen LogP contribution in [0.4, 0.5) is 0 Å². The number of carbonyl (C=O) groups is 1. The molecule has 0 aromatic carbocycles. The van der Waals surface area contributed by atoms with Gasteiger partial charge in [-0.05, 0) is 13.0 Å². The van der Waals surface area contributed by atoms with Crippen LogP contribution in [0.3, 0.4) is 0 Å². The van der Waals surface area contributed by atoms with Crippen molar-refractivity contribution in [2.45, 2.75) is 19.9 Å². The zero-order valence-electron chi connectivity index (χ0n) is 8.40. The summed E-state index contributed by atoms with van der Waals surface area (Å²) in [6.45, 7) is 2.08. The van der Waals surface area contributed by atoms with Gasteiger partial charge in [0.25, 0.3) is 5.56 Å². The SMILES string of the molecule is Cc1cccc(=O)n1CCC(=O)ONN. The zero-order valence-corrected chi connectivity index (χ0v) is 8.40. The number of hydrogen-bond acceptors (Lipinski definition) is 5. The number of carbonyl (C=O) groups excluding carboxylic acids is 1. The normalized spacial score (nSPS) is 10.0. The molecule has 3 N–H and O–H groups in total. The van der Waals surface area contributed by atoms with E-state index in [1.165, 1.54) is 10.6 Å². The number of hydrogen-bond donors (Lipinski definition) is 2. The lowest BCUT2D eigenvalue weighted by molar-refractivity contribution is -0.151. The largest absolute Gasteiger partial charge is 0.356 e. The van der Waals surface area contributed by atoms with E-state index in [9.17, 15) is 9.59 Å². The van der Waals surface area contributed by atoms with Gasteiger partial charge in [-0.3, -0.25) is 9.59 Å². The smallest absolute Gasteiger partial charge is 0.328 e. The molecule has 0 atom stereocenters. The Kier molecular flexibility index (Phi) is 4.02. The maximum absolute atomic E-state index is 11.4. The molecule has 0 spiro atoms. The summed E-state index contributed by atoms with van der Waals surface area (Å²) in [6, 6.07) is 4.92. The first-order valence-corrected chi connectivity index (χ1v) is 4.47. The first kappa shape index (κ1) is 11.4. The zero-order chi connectivity index (χ0) is 11.3. The molecule has 0 amide bonds. The van der Waals surface area contributed by atoms with Gasteiger partial charge in [0.2, 0.25) is 0 Å². The highest BCUT2D eigenvalue weighted by Gasteiger charge is 2.05. The van der Waals surface area contributed by atoms with Crippen LogP contribution in [0.25, 0.3) is 0 Å². The molecule has 1 aromatic heterocycles. The Morgan fingerprint density at radius 1 is 1.60 bits per heavy atom. The van der Waals surface area contributed by atoms with Crippen molar-refractivity contribution in [3.63, 3.8) is 0 Å². The number of aryl methyl sites for hydroxylation is 1. The third-order valence-corrected chi connectivity index (χ3v) is 1.98. The predicted octanol–water partition coefficient (Wildman–Crippen LogP) is -0.532. The van der Waals surface area contributed by atoms with Gasteiger partial charge in [0.15, 0.2) is 0 Å². The van der Waals surface area contributed by atoms with Crippen LogP contribution in [0.15, 0.2) is 23.0 Å². The molecule has 15 heavy (non-hydrogen) atoms. The number of nitrogens with one attached hydrogen (secondary N) is 1. The van der Waals surface area contributed by atoms with Crippen LogP contribution in [0.5, 0.6) is 0 Å². The van der Waals surface area contributed by atoms with Crippen molar-refractivity contribution >= 4 is 5.97 Å². The fourth-order valence-electron chi connectivity index (χ4n) is 1.23. The van der Waals surface area contributed by atoms with Gasteiger partial charge in [0, 0.05) is 18.3 Å². The van der Waals surface area contributed by atoms with E-state index in [-0.39, 0.29) is 18.5 Å². The minimum atomic E-state index is -0.507. The molecule has 0 radical (unpaired) electrons. The number of nitrogens with zero attached hydrogens (tertiary/aromatic N) is 1. The van der Waals surface area contributed by atoms with Crippen molar-refractivity contribution in [2.75, 3.05) is 0 Å². The topological polar surface area (TPSA) is 86.3 Å². The van der Waals surface area contributed by atoms with E-state index in [0.717, 1.165) is 5.69 Å². The first-order chi connectivity index (χ1) is 7.15. The Bertz CT molecular complexity index is 400. The summed E-state index contributed by atoms with van der Waals surface area (Å²) in [4.78, 5) is 26.7. The molecule has 0 aliphatic heterocycles. The van der Waals surface area contributed by atoms with Gasteiger partial charge in [-0.2, -0.15) is 0 Å². The molecular weight excluding hydrogens is 198 g/mol. The summed E-state index contributed by atoms with van der Waals surface area (Å²) in [5, 5.41) is 0. The van der Waals surface area contributed by atoms with Crippen LogP contribution in [0, 0.1) is 6.92 Å². The highest BCUT2D eigenvalue weighted by Crippen LogP contribution is 1.96. The molecule has 82 valence electrons. The molecule has 6 nitrogen and oxygen atoms in total. The molecule has 1 aromatic rings. The molecule has 6 heteroatoms. The van der Waals surface area contributed by atoms with Gasteiger partial charge in [-0.25, -0.2) is 5.84 Å². The highest BCUT2D eigenvalue weighted by molar-refractivity contribution is 5.68. The van der Waals surface area contributed by atoms with Gasteiger partial charge in [0.1, 0.15) is 0 Å². The Morgan fingerprint density at radius 3 is 2.93 bits per heavy atom. The standard InChI is InChI=1S/C9H13N3O3/c1-7-3-2-4-8(13)12(7)6-5-9(14)15-11-10/h2-4,11H,5-6,10H2,1H3. The minimum absolute atomic E-state index is 0.0922. The average molecular weight is 211 g/mol. The maximum atomic E-state index is 11.4. The fraction of sp³-hybridized carbons (Fsp3) is 0.333. The molecule has 1 heterocycles. The number of hydrazine groups is 1.